The van der Waals surface area contributed by atoms with E-state index in [4.69, 9.17) is 0 Å². The predicted molar refractivity (Wildman–Crippen MR) is 127 cm³/mol. The van der Waals surface area contributed by atoms with Gasteiger partial charge in [0.05, 0.1) is 12.7 Å². The first-order valence-electron chi connectivity index (χ1n) is 10.5. The summed E-state index contributed by atoms with van der Waals surface area (Å²) in [4.78, 5) is 11.5. The van der Waals surface area contributed by atoms with E-state index in [1.807, 2.05) is 0 Å². The summed E-state index contributed by atoms with van der Waals surface area (Å²) in [5.74, 6) is 0. The molecule has 0 radical (unpaired) electrons. The zero-order chi connectivity index (χ0) is 20.4. The molecule has 0 bridgehead atoms. The van der Waals surface area contributed by atoms with E-state index in [0.717, 1.165) is 32.1 Å². The molecule has 0 aliphatic carbocycles. The third-order valence-electron chi connectivity index (χ3n) is 5.70. The first-order chi connectivity index (χ1) is 14.3. The van der Waals surface area contributed by atoms with Crippen LogP contribution < -0.4 is 0 Å². The maximum atomic E-state index is 11.5. The molecule has 148 valence electrons. The molecule has 0 amide bonds. The Morgan fingerprint density at radius 1 is 0.655 bits per heavy atom. The van der Waals surface area contributed by atoms with Crippen LogP contribution in [0.5, 0.6) is 0 Å². The topological polar surface area (TPSA) is 17.1 Å². The number of rotatable bonds is 11. The standard InChI is InChI=1S/C27H29OP/c1-29-26(28)21-13-2-3-14-22-27(23-15-7-4-8-16-23,24-17-9-5-10-18-24)25-19-11-6-12-20-25/h4-12,15-20H,1-3,13-14,21-22H2/p+1. The molecule has 0 saturated heterocycles. The van der Waals surface area contributed by atoms with Gasteiger partial charge >= 0.3 is 5.52 Å². The highest BCUT2D eigenvalue weighted by atomic mass is 31.1. The predicted octanol–water partition coefficient (Wildman–Crippen LogP) is 7.00. The lowest BCUT2D eigenvalue weighted by Gasteiger charge is -2.36. The van der Waals surface area contributed by atoms with Gasteiger partial charge in [0.15, 0.2) is 0 Å². The van der Waals surface area contributed by atoms with E-state index in [1.54, 1.807) is 0 Å². The minimum atomic E-state index is -0.158. The minimum Gasteiger partial charge on any atom is -0.245 e. The summed E-state index contributed by atoms with van der Waals surface area (Å²) in [7, 11) is 0.189. The largest absolute Gasteiger partial charge is 0.319 e. The molecule has 0 N–H and O–H groups in total. The van der Waals surface area contributed by atoms with Crippen LogP contribution in [0.15, 0.2) is 91.0 Å². The summed E-state index contributed by atoms with van der Waals surface area (Å²) < 4.78 is 0. The molecule has 1 unspecified atom stereocenters. The molecule has 0 aliphatic heterocycles. The SMILES string of the molecule is C=[PH+]C(=O)CCCCCCC(c1ccccc1)(c1ccccc1)c1ccccc1. The van der Waals surface area contributed by atoms with E-state index in [2.05, 4.69) is 97.3 Å². The molecule has 0 aromatic heterocycles. The van der Waals surface area contributed by atoms with Crippen molar-refractivity contribution in [3.63, 3.8) is 0 Å². The van der Waals surface area contributed by atoms with Gasteiger partial charge in [-0.3, -0.25) is 0 Å². The molecule has 29 heavy (non-hydrogen) atoms. The molecule has 1 atom stereocenters. The van der Waals surface area contributed by atoms with Gasteiger partial charge in [-0.2, -0.15) is 0 Å². The number of unbranched alkanes of at least 4 members (excludes halogenated alkanes) is 3. The van der Waals surface area contributed by atoms with Crippen LogP contribution in [0.2, 0.25) is 0 Å². The van der Waals surface area contributed by atoms with Crippen molar-refractivity contribution in [3.8, 4) is 0 Å². The van der Waals surface area contributed by atoms with Gasteiger partial charge in [0.1, 0.15) is 8.20 Å². The number of benzene rings is 3. The molecule has 0 aliphatic rings. The lowest BCUT2D eigenvalue weighted by molar-refractivity contribution is -0.111. The van der Waals surface area contributed by atoms with Crippen molar-refractivity contribution in [3.05, 3.63) is 108 Å². The zero-order valence-corrected chi connectivity index (χ0v) is 18.0. The number of carbonyl (C=O) groups is 1. The molecule has 0 heterocycles. The van der Waals surface area contributed by atoms with Crippen molar-refractivity contribution in [2.75, 3.05) is 0 Å². The third kappa shape index (κ3) is 5.31. The highest BCUT2D eigenvalue weighted by Gasteiger charge is 2.35. The van der Waals surface area contributed by atoms with E-state index in [1.165, 1.54) is 16.7 Å². The Hall–Kier alpha value is -2.50. The van der Waals surface area contributed by atoms with Gasteiger partial charge in [0.2, 0.25) is 0 Å². The Bertz CT molecular complexity index is 791. The molecular weight excluding hydrogens is 371 g/mol. The third-order valence-corrected chi connectivity index (χ3v) is 6.35. The highest BCUT2D eigenvalue weighted by molar-refractivity contribution is 7.56. The van der Waals surface area contributed by atoms with Crippen LogP contribution in [-0.2, 0) is 10.2 Å². The Morgan fingerprint density at radius 3 is 1.48 bits per heavy atom. The lowest BCUT2D eigenvalue weighted by Crippen LogP contribution is -2.29. The Labute approximate surface area is 176 Å². The zero-order valence-electron chi connectivity index (χ0n) is 17.0. The Balaban J connectivity index is 1.89. The summed E-state index contributed by atoms with van der Waals surface area (Å²) in [6.45, 7) is 0. The first kappa shape index (κ1) is 21.2. The molecule has 3 aromatic carbocycles. The van der Waals surface area contributed by atoms with Crippen molar-refractivity contribution in [2.24, 2.45) is 0 Å². The van der Waals surface area contributed by atoms with Gasteiger partial charge < -0.3 is 0 Å². The molecule has 3 rings (SSSR count). The van der Waals surface area contributed by atoms with Gasteiger partial charge in [0.25, 0.3) is 0 Å². The molecule has 0 saturated carbocycles. The number of carbonyl (C=O) groups excluding carboxylic acids is 1. The Kier molecular flexibility index (Phi) is 7.96. The van der Waals surface area contributed by atoms with Crippen LogP contribution in [0.1, 0.15) is 55.2 Å². The molecular formula is C27H30OP+. The number of hydrogen-bond donors (Lipinski definition) is 0. The van der Waals surface area contributed by atoms with E-state index >= 15 is 0 Å². The molecule has 0 spiro atoms. The van der Waals surface area contributed by atoms with Crippen molar-refractivity contribution in [1.29, 1.82) is 0 Å². The van der Waals surface area contributed by atoms with E-state index in [9.17, 15) is 4.79 Å². The van der Waals surface area contributed by atoms with Crippen LogP contribution >= 0.6 is 8.20 Å². The summed E-state index contributed by atoms with van der Waals surface area (Å²) >= 11 is 0. The van der Waals surface area contributed by atoms with Crippen LogP contribution in [0, 0.1) is 0 Å². The van der Waals surface area contributed by atoms with Gasteiger partial charge in [-0.1, -0.05) is 110 Å². The smallest absolute Gasteiger partial charge is 0.245 e. The minimum absolute atomic E-state index is 0.158. The first-order valence-corrected chi connectivity index (χ1v) is 11.7. The molecule has 1 nitrogen and oxygen atoms in total. The normalized spacial score (nSPS) is 11.4. The van der Waals surface area contributed by atoms with E-state index in [0.29, 0.717) is 11.9 Å². The fourth-order valence-corrected chi connectivity index (χ4v) is 4.57. The van der Waals surface area contributed by atoms with Crippen molar-refractivity contribution in [2.45, 2.75) is 43.9 Å². The Morgan fingerprint density at radius 2 is 1.07 bits per heavy atom. The summed E-state index contributed by atoms with van der Waals surface area (Å²) in [5, 5.41) is 0. The van der Waals surface area contributed by atoms with Crippen molar-refractivity contribution < 1.29 is 4.79 Å². The van der Waals surface area contributed by atoms with Crippen LogP contribution in [-0.4, -0.2) is 11.8 Å². The monoisotopic (exact) mass is 401 g/mol. The average molecular weight is 402 g/mol. The summed E-state index contributed by atoms with van der Waals surface area (Å²) in [5.41, 5.74) is 4.16. The van der Waals surface area contributed by atoms with Gasteiger partial charge in [-0.15, -0.1) is 0 Å². The number of hydrogen-bond acceptors (Lipinski definition) is 1. The second-order valence-corrected chi connectivity index (χ2v) is 8.43. The lowest BCUT2D eigenvalue weighted by atomic mass is 9.66. The van der Waals surface area contributed by atoms with E-state index in [-0.39, 0.29) is 13.6 Å². The highest BCUT2D eigenvalue weighted by Crippen LogP contribution is 2.43. The van der Waals surface area contributed by atoms with E-state index < -0.39 is 0 Å². The average Bonchev–Trinajstić information content (AvgIpc) is 2.80. The summed E-state index contributed by atoms with van der Waals surface area (Å²) in [6.07, 6.45) is 9.80. The quantitative estimate of drug-likeness (QED) is 0.192. The van der Waals surface area contributed by atoms with Crippen LogP contribution in [0.3, 0.4) is 0 Å². The van der Waals surface area contributed by atoms with Crippen molar-refractivity contribution >= 4 is 20.0 Å². The van der Waals surface area contributed by atoms with Crippen LogP contribution in [0.25, 0.3) is 0 Å². The maximum absolute atomic E-state index is 11.5. The maximum Gasteiger partial charge on any atom is 0.319 e. The second-order valence-electron chi connectivity index (χ2n) is 7.52. The van der Waals surface area contributed by atoms with Crippen LogP contribution in [0.4, 0.5) is 0 Å². The molecule has 2 heteroatoms. The second kappa shape index (κ2) is 10.9. The fraction of sp³-hybridized carbons (Fsp3) is 0.259. The van der Waals surface area contributed by atoms with Gasteiger partial charge in [-0.25, -0.2) is 4.79 Å². The molecule has 0 fully saturated rings. The van der Waals surface area contributed by atoms with Gasteiger partial charge in [-0.05, 0) is 29.5 Å². The summed E-state index contributed by atoms with van der Waals surface area (Å²) in [6, 6.07) is 32.7. The fourth-order valence-electron chi connectivity index (χ4n) is 4.22. The van der Waals surface area contributed by atoms with Gasteiger partial charge in [0, 0.05) is 5.41 Å². The van der Waals surface area contributed by atoms with Crippen molar-refractivity contribution in [1.82, 2.24) is 0 Å². The molecule has 3 aromatic rings.